The quantitative estimate of drug-likeness (QED) is 0.690. The fourth-order valence-corrected chi connectivity index (χ4v) is 1.27. The lowest BCUT2D eigenvalue weighted by molar-refractivity contribution is 0.598. The number of halogens is 1. The van der Waals surface area contributed by atoms with Gasteiger partial charge in [-0.05, 0) is 25.5 Å². The second-order valence-electron chi connectivity index (χ2n) is 3.21. The van der Waals surface area contributed by atoms with E-state index in [0.29, 0.717) is 11.3 Å². The Morgan fingerprint density at radius 1 is 1.29 bits per heavy atom. The minimum Gasteiger partial charge on any atom is -0.217 e. The van der Waals surface area contributed by atoms with Gasteiger partial charge in [-0.25, -0.2) is 9.07 Å². The van der Waals surface area contributed by atoms with E-state index in [1.54, 1.807) is 31.3 Å². The summed E-state index contributed by atoms with van der Waals surface area (Å²) in [6.45, 7) is 3.54. The van der Waals surface area contributed by atoms with Crippen molar-refractivity contribution in [1.29, 1.82) is 0 Å². The van der Waals surface area contributed by atoms with E-state index in [1.807, 2.05) is 6.92 Å². The smallest absolute Gasteiger partial charge is 0.151 e. The van der Waals surface area contributed by atoms with Crippen LogP contribution in [0.3, 0.4) is 0 Å². The molecule has 0 radical (unpaired) electrons. The molecule has 72 valence electrons. The monoisotopic (exact) mass is 191 g/mol. The number of aromatic nitrogens is 3. The van der Waals surface area contributed by atoms with Crippen molar-refractivity contribution < 1.29 is 4.39 Å². The van der Waals surface area contributed by atoms with Crippen LogP contribution in [0.5, 0.6) is 0 Å². The molecule has 0 aliphatic heterocycles. The highest BCUT2D eigenvalue weighted by atomic mass is 19.1. The van der Waals surface area contributed by atoms with E-state index >= 15 is 0 Å². The molecule has 3 nitrogen and oxygen atoms in total. The molecule has 0 spiro atoms. The zero-order valence-corrected chi connectivity index (χ0v) is 8.03. The average Bonchev–Trinajstić information content (AvgIpc) is 2.57. The largest absolute Gasteiger partial charge is 0.217 e. The third kappa shape index (κ3) is 1.39. The van der Waals surface area contributed by atoms with Gasteiger partial charge in [-0.3, -0.25) is 0 Å². The number of hydrogen-bond donors (Lipinski definition) is 0. The van der Waals surface area contributed by atoms with Crippen LogP contribution in [-0.2, 0) is 0 Å². The molecule has 0 bridgehead atoms. The van der Waals surface area contributed by atoms with Crippen molar-refractivity contribution in [2.45, 2.75) is 13.8 Å². The van der Waals surface area contributed by atoms with Crippen LogP contribution in [-0.4, -0.2) is 15.0 Å². The van der Waals surface area contributed by atoms with Crippen molar-refractivity contribution in [1.82, 2.24) is 15.0 Å². The lowest BCUT2D eigenvalue weighted by Crippen LogP contribution is -1.99. The molecule has 1 aromatic carbocycles. The highest BCUT2D eigenvalue weighted by molar-refractivity contribution is 5.36. The first kappa shape index (κ1) is 8.87. The first-order valence-electron chi connectivity index (χ1n) is 4.33. The average molecular weight is 191 g/mol. The molecule has 0 aliphatic rings. The predicted molar refractivity (Wildman–Crippen MR) is 50.8 cm³/mol. The molecule has 14 heavy (non-hydrogen) atoms. The van der Waals surface area contributed by atoms with Crippen molar-refractivity contribution in [2.24, 2.45) is 0 Å². The van der Waals surface area contributed by atoms with Crippen molar-refractivity contribution in [2.75, 3.05) is 0 Å². The van der Waals surface area contributed by atoms with Gasteiger partial charge in [-0.15, -0.1) is 5.10 Å². The van der Waals surface area contributed by atoms with Crippen LogP contribution in [0.25, 0.3) is 5.69 Å². The van der Waals surface area contributed by atoms with Gasteiger partial charge in [0.2, 0.25) is 0 Å². The second kappa shape index (κ2) is 3.21. The zero-order valence-electron chi connectivity index (χ0n) is 8.03. The Balaban J connectivity index is 2.57. The van der Waals surface area contributed by atoms with Gasteiger partial charge in [0.1, 0.15) is 5.69 Å². The first-order valence-corrected chi connectivity index (χ1v) is 4.33. The summed E-state index contributed by atoms with van der Waals surface area (Å²) >= 11 is 0. The van der Waals surface area contributed by atoms with Crippen LogP contribution in [0.2, 0.25) is 0 Å². The Hall–Kier alpha value is -1.71. The standard InChI is InChI=1S/C10H10FN3/c1-7-4-3-5-9(10(7)11)14-6-8(2)12-13-14/h3-6H,1-2H3. The predicted octanol–water partition coefficient (Wildman–Crippen LogP) is 2.02. The van der Waals surface area contributed by atoms with Gasteiger partial charge in [0.05, 0.1) is 11.9 Å². The molecular weight excluding hydrogens is 181 g/mol. The summed E-state index contributed by atoms with van der Waals surface area (Å²) in [6.07, 6.45) is 1.69. The number of hydrogen-bond acceptors (Lipinski definition) is 2. The van der Waals surface area contributed by atoms with Gasteiger partial charge in [-0.2, -0.15) is 0 Å². The van der Waals surface area contributed by atoms with E-state index in [-0.39, 0.29) is 5.82 Å². The lowest BCUT2D eigenvalue weighted by atomic mass is 10.2. The summed E-state index contributed by atoms with van der Waals surface area (Å²) in [7, 11) is 0. The third-order valence-electron chi connectivity index (χ3n) is 2.03. The number of aryl methyl sites for hydroxylation is 2. The third-order valence-corrected chi connectivity index (χ3v) is 2.03. The van der Waals surface area contributed by atoms with Crippen LogP contribution in [0.1, 0.15) is 11.3 Å². The van der Waals surface area contributed by atoms with Crippen molar-refractivity contribution >= 4 is 0 Å². The molecule has 0 amide bonds. The maximum Gasteiger partial charge on any atom is 0.151 e. The summed E-state index contributed by atoms with van der Waals surface area (Å²) in [5, 5.41) is 7.62. The van der Waals surface area contributed by atoms with E-state index in [1.165, 1.54) is 4.68 Å². The molecule has 0 saturated heterocycles. The van der Waals surface area contributed by atoms with E-state index in [9.17, 15) is 4.39 Å². The minimum absolute atomic E-state index is 0.252. The normalized spacial score (nSPS) is 10.5. The Morgan fingerprint density at radius 3 is 2.71 bits per heavy atom. The van der Waals surface area contributed by atoms with Crippen molar-refractivity contribution in [3.05, 3.63) is 41.5 Å². The molecule has 1 heterocycles. The lowest BCUT2D eigenvalue weighted by Gasteiger charge is -2.03. The Labute approximate surface area is 81.2 Å². The van der Waals surface area contributed by atoms with E-state index in [4.69, 9.17) is 0 Å². The van der Waals surface area contributed by atoms with Crippen LogP contribution < -0.4 is 0 Å². The second-order valence-corrected chi connectivity index (χ2v) is 3.21. The number of benzene rings is 1. The number of rotatable bonds is 1. The first-order chi connectivity index (χ1) is 6.68. The van der Waals surface area contributed by atoms with Crippen molar-refractivity contribution in [3.63, 3.8) is 0 Å². The highest BCUT2D eigenvalue weighted by Crippen LogP contribution is 2.15. The van der Waals surface area contributed by atoms with Gasteiger partial charge >= 0.3 is 0 Å². The SMILES string of the molecule is Cc1cn(-c2cccc(C)c2F)nn1. The van der Waals surface area contributed by atoms with Gasteiger partial charge in [0.15, 0.2) is 5.82 Å². The Bertz CT molecular complexity index is 462. The van der Waals surface area contributed by atoms with Crippen LogP contribution in [0.15, 0.2) is 24.4 Å². The van der Waals surface area contributed by atoms with Crippen molar-refractivity contribution in [3.8, 4) is 5.69 Å². The van der Waals surface area contributed by atoms with Gasteiger partial charge in [0.25, 0.3) is 0 Å². The van der Waals surface area contributed by atoms with Crippen LogP contribution in [0, 0.1) is 19.7 Å². The molecule has 0 saturated carbocycles. The van der Waals surface area contributed by atoms with Crippen LogP contribution >= 0.6 is 0 Å². The summed E-state index contributed by atoms with van der Waals surface area (Å²) in [5.41, 5.74) is 1.81. The molecule has 0 fully saturated rings. The molecule has 2 aromatic rings. The minimum atomic E-state index is -0.252. The van der Waals surface area contributed by atoms with E-state index in [0.717, 1.165) is 5.69 Å². The fraction of sp³-hybridized carbons (Fsp3) is 0.200. The van der Waals surface area contributed by atoms with Gasteiger partial charge in [0, 0.05) is 0 Å². The summed E-state index contributed by atoms with van der Waals surface area (Å²) in [6, 6.07) is 5.20. The maximum atomic E-state index is 13.6. The molecule has 1 aromatic heterocycles. The van der Waals surface area contributed by atoms with Gasteiger partial charge in [-0.1, -0.05) is 17.3 Å². The summed E-state index contributed by atoms with van der Waals surface area (Å²) in [5.74, 6) is -0.252. The Morgan fingerprint density at radius 2 is 2.07 bits per heavy atom. The van der Waals surface area contributed by atoms with Crippen LogP contribution in [0.4, 0.5) is 4.39 Å². The molecule has 0 aliphatic carbocycles. The summed E-state index contributed by atoms with van der Waals surface area (Å²) < 4.78 is 15.1. The Kier molecular flexibility index (Phi) is 2.04. The molecule has 0 N–H and O–H groups in total. The molecule has 0 atom stereocenters. The maximum absolute atomic E-state index is 13.6. The molecule has 0 unspecified atom stereocenters. The van der Waals surface area contributed by atoms with Gasteiger partial charge < -0.3 is 0 Å². The van der Waals surface area contributed by atoms with E-state index < -0.39 is 0 Å². The zero-order chi connectivity index (χ0) is 10.1. The molecular formula is C10H10FN3. The number of nitrogens with zero attached hydrogens (tertiary/aromatic N) is 3. The summed E-state index contributed by atoms with van der Waals surface area (Å²) in [4.78, 5) is 0. The molecule has 2 rings (SSSR count). The van der Waals surface area contributed by atoms with E-state index in [2.05, 4.69) is 10.3 Å². The highest BCUT2D eigenvalue weighted by Gasteiger charge is 2.07. The molecule has 4 heteroatoms. The fourth-order valence-electron chi connectivity index (χ4n) is 1.27. The topological polar surface area (TPSA) is 30.7 Å².